The fourth-order valence-corrected chi connectivity index (χ4v) is 5.05. The highest BCUT2D eigenvalue weighted by atomic mass is 16.5. The number of fused-ring (bicyclic) bond motifs is 1. The minimum Gasteiger partial charge on any atom is -0.497 e. The van der Waals surface area contributed by atoms with Crippen molar-refractivity contribution < 1.29 is 14.3 Å². The number of carbonyl (C=O) groups excluding carboxylic acids is 1. The van der Waals surface area contributed by atoms with Gasteiger partial charge in [-0.2, -0.15) is 0 Å². The van der Waals surface area contributed by atoms with E-state index in [0.29, 0.717) is 6.61 Å². The van der Waals surface area contributed by atoms with E-state index in [1.807, 2.05) is 54.6 Å². The molecule has 3 aromatic rings. The Labute approximate surface area is 215 Å². The summed E-state index contributed by atoms with van der Waals surface area (Å²) in [5, 5.41) is 3.16. The van der Waals surface area contributed by atoms with Gasteiger partial charge in [-0.1, -0.05) is 71.0 Å². The fourth-order valence-electron chi connectivity index (χ4n) is 5.05. The van der Waals surface area contributed by atoms with Gasteiger partial charge in [0, 0.05) is 23.4 Å². The predicted octanol–water partition coefficient (Wildman–Crippen LogP) is 6.00. The number of anilines is 1. The number of nitrogens with zero attached hydrogens (tertiary/aromatic N) is 1. The molecule has 5 heteroatoms. The quantitative estimate of drug-likeness (QED) is 0.403. The van der Waals surface area contributed by atoms with Gasteiger partial charge in [0.15, 0.2) is 0 Å². The molecule has 0 saturated carbocycles. The SMILES string of the molecule is CCN(CC)CCOc1ccc(C(C)(C)C)cc1C1(c2ccc(OC)cc2)C(=O)Nc2ccccc21. The summed E-state index contributed by atoms with van der Waals surface area (Å²) in [7, 11) is 1.65. The van der Waals surface area contributed by atoms with E-state index in [1.165, 1.54) is 0 Å². The summed E-state index contributed by atoms with van der Waals surface area (Å²) in [5.41, 5.74) is 3.51. The number of ether oxygens (including phenoxy) is 2. The van der Waals surface area contributed by atoms with E-state index < -0.39 is 5.41 Å². The van der Waals surface area contributed by atoms with Crippen molar-refractivity contribution in [1.82, 2.24) is 4.90 Å². The first kappa shape index (κ1) is 25.8. The van der Waals surface area contributed by atoms with Crippen molar-refractivity contribution in [2.75, 3.05) is 38.7 Å². The molecule has 5 nitrogen and oxygen atoms in total. The molecule has 1 aliphatic heterocycles. The number of para-hydroxylation sites is 1. The molecule has 0 aromatic heterocycles. The maximum Gasteiger partial charge on any atom is 0.244 e. The van der Waals surface area contributed by atoms with E-state index in [1.54, 1.807) is 7.11 Å². The highest BCUT2D eigenvalue weighted by molar-refractivity contribution is 6.11. The van der Waals surface area contributed by atoms with Gasteiger partial charge >= 0.3 is 0 Å². The van der Waals surface area contributed by atoms with Crippen molar-refractivity contribution in [1.29, 1.82) is 0 Å². The lowest BCUT2D eigenvalue weighted by Crippen LogP contribution is -2.38. The standard InChI is InChI=1S/C31H38N2O3/c1-7-33(8-2)19-20-36-28-18-15-23(30(3,4)5)21-26(28)31(22-13-16-24(35-6)17-14-22)25-11-9-10-12-27(25)32-29(31)34/h9-18,21H,7-8,19-20H2,1-6H3,(H,32,34). The molecule has 0 aliphatic carbocycles. The third-order valence-corrected chi connectivity index (χ3v) is 7.25. The van der Waals surface area contributed by atoms with Crippen LogP contribution >= 0.6 is 0 Å². The second kappa shape index (κ2) is 10.4. The van der Waals surface area contributed by atoms with Crippen LogP contribution in [0.25, 0.3) is 0 Å². The van der Waals surface area contributed by atoms with Crippen LogP contribution in [0.3, 0.4) is 0 Å². The van der Waals surface area contributed by atoms with Crippen LogP contribution in [0.1, 0.15) is 56.9 Å². The van der Waals surface area contributed by atoms with E-state index >= 15 is 0 Å². The van der Waals surface area contributed by atoms with E-state index in [0.717, 1.165) is 59.1 Å². The number of nitrogens with one attached hydrogen (secondary N) is 1. The summed E-state index contributed by atoms with van der Waals surface area (Å²) in [6.45, 7) is 14.2. The summed E-state index contributed by atoms with van der Waals surface area (Å²) >= 11 is 0. The Kier molecular flexibility index (Phi) is 7.41. The number of carbonyl (C=O) groups is 1. The molecule has 1 N–H and O–H groups in total. The maximum absolute atomic E-state index is 14.1. The molecule has 4 rings (SSSR count). The first-order valence-electron chi connectivity index (χ1n) is 12.8. The van der Waals surface area contributed by atoms with Gasteiger partial charge in [-0.3, -0.25) is 4.79 Å². The van der Waals surface area contributed by atoms with Crippen LogP contribution < -0.4 is 14.8 Å². The van der Waals surface area contributed by atoms with Gasteiger partial charge in [-0.05, 0) is 60.0 Å². The fraction of sp³-hybridized carbons (Fsp3) is 0.387. The topological polar surface area (TPSA) is 50.8 Å². The Morgan fingerprint density at radius 3 is 2.25 bits per heavy atom. The highest BCUT2D eigenvalue weighted by Crippen LogP contribution is 2.51. The Hall–Kier alpha value is -3.31. The minimum absolute atomic E-state index is 0.0754. The first-order chi connectivity index (χ1) is 17.2. The maximum atomic E-state index is 14.1. The second-order valence-corrected chi connectivity index (χ2v) is 10.3. The van der Waals surface area contributed by atoms with Gasteiger partial charge in [-0.25, -0.2) is 0 Å². The van der Waals surface area contributed by atoms with Crippen molar-refractivity contribution in [2.24, 2.45) is 0 Å². The lowest BCUT2D eigenvalue weighted by molar-refractivity contribution is -0.118. The first-order valence-corrected chi connectivity index (χ1v) is 12.8. The van der Waals surface area contributed by atoms with Gasteiger partial charge in [0.1, 0.15) is 23.5 Å². The number of likely N-dealkylation sites (N-methyl/N-ethyl adjacent to an activating group) is 1. The number of hydrogen-bond donors (Lipinski definition) is 1. The number of methoxy groups -OCH3 is 1. The Balaban J connectivity index is 1.94. The van der Waals surface area contributed by atoms with Gasteiger partial charge < -0.3 is 19.7 Å². The van der Waals surface area contributed by atoms with Gasteiger partial charge in [0.25, 0.3) is 0 Å². The summed E-state index contributed by atoms with van der Waals surface area (Å²) in [4.78, 5) is 16.4. The van der Waals surface area contributed by atoms with Crippen molar-refractivity contribution in [3.8, 4) is 11.5 Å². The lowest BCUT2D eigenvalue weighted by atomic mass is 9.68. The Morgan fingerprint density at radius 2 is 1.61 bits per heavy atom. The normalized spacial score (nSPS) is 17.1. The predicted molar refractivity (Wildman–Crippen MR) is 146 cm³/mol. The summed E-state index contributed by atoms with van der Waals surface area (Å²) in [6, 6.07) is 22.1. The molecule has 3 aromatic carbocycles. The molecule has 0 saturated heterocycles. The second-order valence-electron chi connectivity index (χ2n) is 10.3. The molecule has 0 bridgehead atoms. The number of rotatable bonds is 9. The van der Waals surface area contributed by atoms with Crippen LogP contribution in [0.4, 0.5) is 5.69 Å². The number of benzene rings is 3. The van der Waals surface area contributed by atoms with Crippen molar-refractivity contribution in [3.63, 3.8) is 0 Å². The van der Waals surface area contributed by atoms with E-state index in [-0.39, 0.29) is 11.3 Å². The lowest BCUT2D eigenvalue weighted by Gasteiger charge is -2.33. The Bertz CT molecular complexity index is 1210. The molecule has 190 valence electrons. The van der Waals surface area contributed by atoms with Crippen LogP contribution in [-0.4, -0.2) is 44.2 Å². The minimum atomic E-state index is -1.05. The zero-order valence-corrected chi connectivity index (χ0v) is 22.4. The zero-order chi connectivity index (χ0) is 25.9. The zero-order valence-electron chi connectivity index (χ0n) is 22.4. The molecular formula is C31H38N2O3. The van der Waals surface area contributed by atoms with Crippen molar-refractivity contribution >= 4 is 11.6 Å². The van der Waals surface area contributed by atoms with Gasteiger partial charge in [-0.15, -0.1) is 0 Å². The molecular weight excluding hydrogens is 448 g/mol. The van der Waals surface area contributed by atoms with Crippen LogP contribution in [0, 0.1) is 0 Å². The average Bonchev–Trinajstić information content (AvgIpc) is 3.18. The summed E-state index contributed by atoms with van der Waals surface area (Å²) in [6.07, 6.45) is 0. The van der Waals surface area contributed by atoms with Crippen LogP contribution in [-0.2, 0) is 15.6 Å². The monoisotopic (exact) mass is 486 g/mol. The van der Waals surface area contributed by atoms with Crippen LogP contribution in [0.15, 0.2) is 66.7 Å². The van der Waals surface area contributed by atoms with Crippen molar-refractivity contribution in [3.05, 3.63) is 89.0 Å². The van der Waals surface area contributed by atoms with E-state index in [4.69, 9.17) is 9.47 Å². The molecule has 36 heavy (non-hydrogen) atoms. The molecule has 1 heterocycles. The van der Waals surface area contributed by atoms with E-state index in [2.05, 4.69) is 57.0 Å². The van der Waals surface area contributed by atoms with Gasteiger partial charge in [0.2, 0.25) is 5.91 Å². The van der Waals surface area contributed by atoms with Crippen LogP contribution in [0.5, 0.6) is 11.5 Å². The highest BCUT2D eigenvalue weighted by Gasteiger charge is 2.51. The molecule has 1 aliphatic rings. The molecule has 0 fully saturated rings. The third kappa shape index (κ3) is 4.60. The molecule has 1 amide bonds. The number of amides is 1. The smallest absolute Gasteiger partial charge is 0.244 e. The molecule has 0 radical (unpaired) electrons. The average molecular weight is 487 g/mol. The molecule has 0 spiro atoms. The Morgan fingerprint density at radius 1 is 0.917 bits per heavy atom. The molecule has 1 unspecified atom stereocenters. The summed E-state index contributed by atoms with van der Waals surface area (Å²) in [5.74, 6) is 1.41. The van der Waals surface area contributed by atoms with Crippen LogP contribution in [0.2, 0.25) is 0 Å². The van der Waals surface area contributed by atoms with Crippen molar-refractivity contribution in [2.45, 2.75) is 45.4 Å². The largest absolute Gasteiger partial charge is 0.497 e. The summed E-state index contributed by atoms with van der Waals surface area (Å²) < 4.78 is 11.9. The van der Waals surface area contributed by atoms with Gasteiger partial charge in [0.05, 0.1) is 7.11 Å². The molecule has 1 atom stereocenters. The number of hydrogen-bond acceptors (Lipinski definition) is 4. The third-order valence-electron chi connectivity index (χ3n) is 7.25. The van der Waals surface area contributed by atoms with E-state index in [9.17, 15) is 4.79 Å².